The highest BCUT2D eigenvalue weighted by molar-refractivity contribution is 7.59. The van der Waals surface area contributed by atoms with E-state index in [-0.39, 0.29) is 10.7 Å². The highest BCUT2D eigenvalue weighted by Gasteiger charge is 2.23. The Kier molecular flexibility index (Phi) is 4.26. The van der Waals surface area contributed by atoms with Gasteiger partial charge in [-0.05, 0) is 63.6 Å². The summed E-state index contributed by atoms with van der Waals surface area (Å²) in [6, 6.07) is 4.11. The van der Waals surface area contributed by atoms with Gasteiger partial charge < -0.3 is 4.74 Å². The molecule has 0 bridgehead atoms. The van der Waals surface area contributed by atoms with Crippen molar-refractivity contribution < 1.29 is 9.53 Å². The van der Waals surface area contributed by atoms with Crippen LogP contribution in [-0.2, 0) is 22.2 Å². The van der Waals surface area contributed by atoms with E-state index >= 15 is 0 Å². The quantitative estimate of drug-likeness (QED) is 0.470. The molecule has 0 saturated heterocycles. The molecular formula is C14H21O2S+. The Morgan fingerprint density at radius 1 is 1.29 bits per heavy atom. The minimum absolute atomic E-state index is 0.0805. The van der Waals surface area contributed by atoms with Gasteiger partial charge in [-0.25, -0.2) is 0 Å². The third-order valence-electron chi connectivity index (χ3n) is 2.69. The van der Waals surface area contributed by atoms with Crippen LogP contribution in [0.15, 0.2) is 12.1 Å². The third-order valence-corrected chi connectivity index (χ3v) is 2.98. The summed E-state index contributed by atoms with van der Waals surface area (Å²) in [4.78, 5) is 11.3. The molecule has 0 aromatic heterocycles. The topological polar surface area (TPSA) is 26.3 Å². The summed E-state index contributed by atoms with van der Waals surface area (Å²) in [5.74, 6) is 0.498. The molecule has 0 unspecified atom stereocenters. The van der Waals surface area contributed by atoms with Gasteiger partial charge in [0.1, 0.15) is 10.5 Å². The Labute approximate surface area is 109 Å². The van der Waals surface area contributed by atoms with Crippen LogP contribution in [0.3, 0.4) is 0 Å². The first-order chi connectivity index (χ1) is 7.75. The van der Waals surface area contributed by atoms with Crippen LogP contribution in [0.25, 0.3) is 0 Å². The highest BCUT2D eigenvalue weighted by Crippen LogP contribution is 2.30. The lowest BCUT2D eigenvalue weighted by Gasteiger charge is -2.17. The van der Waals surface area contributed by atoms with Crippen molar-refractivity contribution in [1.29, 1.82) is 0 Å². The van der Waals surface area contributed by atoms with Crippen molar-refractivity contribution >= 4 is 18.6 Å². The van der Waals surface area contributed by atoms with Crippen LogP contribution in [0.2, 0.25) is 0 Å². The molecular weight excluding hydrogens is 232 g/mol. The second kappa shape index (κ2) is 5.13. The lowest BCUT2D eigenvalue weighted by molar-refractivity contribution is -0.134. The van der Waals surface area contributed by atoms with Crippen LogP contribution >= 0.6 is 0 Å². The molecule has 0 heterocycles. The molecule has 0 fully saturated rings. The first kappa shape index (κ1) is 14.1. The van der Waals surface area contributed by atoms with Crippen LogP contribution in [0.5, 0.6) is 5.75 Å². The van der Waals surface area contributed by atoms with E-state index < -0.39 is 0 Å². The summed E-state index contributed by atoms with van der Waals surface area (Å²) < 4.78 is 5.26. The number of hydrogen-bond acceptors (Lipinski definition) is 2. The maximum absolute atomic E-state index is 11.3. The molecule has 3 heteroatoms. The fourth-order valence-electron chi connectivity index (χ4n) is 1.66. The minimum Gasteiger partial charge on any atom is -0.426 e. The first-order valence-electron chi connectivity index (χ1n) is 5.83. The number of esters is 1. The number of benzene rings is 1. The number of carbonyl (C=O) groups excluding carboxylic acids is 1. The Morgan fingerprint density at radius 2 is 1.76 bits per heavy atom. The van der Waals surface area contributed by atoms with Gasteiger partial charge in [0.15, 0.2) is 0 Å². The summed E-state index contributed by atoms with van der Waals surface area (Å²) in [6.07, 6.45) is 0.393. The molecule has 0 spiro atoms. The fourth-order valence-corrected chi connectivity index (χ4v) is 1.80. The molecule has 94 valence electrons. The van der Waals surface area contributed by atoms with E-state index in [4.69, 9.17) is 4.74 Å². The zero-order chi connectivity index (χ0) is 13.2. The van der Waals surface area contributed by atoms with Gasteiger partial charge in [0, 0.05) is 12.0 Å². The predicted molar refractivity (Wildman–Crippen MR) is 75.0 cm³/mol. The number of rotatable bonds is 3. The van der Waals surface area contributed by atoms with Crippen molar-refractivity contribution in [2.45, 2.75) is 45.8 Å². The highest BCUT2D eigenvalue weighted by atomic mass is 32.1. The largest absolute Gasteiger partial charge is 0.426 e. The molecule has 0 aliphatic carbocycles. The van der Waals surface area contributed by atoms with Gasteiger partial charge in [-0.15, -0.1) is 0 Å². The molecule has 0 aliphatic heterocycles. The van der Waals surface area contributed by atoms with Crippen LogP contribution < -0.4 is 4.74 Å². The molecule has 0 radical (unpaired) electrons. The second-order valence-electron chi connectivity index (χ2n) is 4.89. The molecule has 0 aliphatic rings. The van der Waals surface area contributed by atoms with E-state index in [1.54, 1.807) is 6.92 Å². The zero-order valence-corrected chi connectivity index (χ0v) is 12.2. The number of ether oxygens (including phenoxy) is 1. The van der Waals surface area contributed by atoms with Crippen molar-refractivity contribution in [3.05, 3.63) is 28.8 Å². The molecule has 0 atom stereocenters. The number of hydrogen-bond donors (Lipinski definition) is 0. The van der Waals surface area contributed by atoms with E-state index in [0.717, 1.165) is 11.1 Å². The zero-order valence-electron chi connectivity index (χ0n) is 11.2. The van der Waals surface area contributed by atoms with E-state index in [9.17, 15) is 4.79 Å². The summed E-state index contributed by atoms with van der Waals surface area (Å²) >= 11 is 3.69. The van der Waals surface area contributed by atoms with Gasteiger partial charge in [-0.2, -0.15) is 0 Å². The molecule has 2 nitrogen and oxygen atoms in total. The van der Waals surface area contributed by atoms with Crippen LogP contribution in [-0.4, -0.2) is 5.97 Å². The Balaban J connectivity index is 3.15. The fraction of sp³-hybridized carbons (Fsp3) is 0.500. The lowest BCUT2D eigenvalue weighted by Crippen LogP contribution is -2.14. The molecule has 0 saturated carbocycles. The molecule has 0 amide bonds. The number of aryl methyl sites for hydroxylation is 2. The van der Waals surface area contributed by atoms with E-state index in [1.807, 2.05) is 13.8 Å². The summed E-state index contributed by atoms with van der Waals surface area (Å²) in [6.45, 7) is 9.91. The molecule has 1 rings (SSSR count). The van der Waals surface area contributed by atoms with Crippen molar-refractivity contribution in [3.8, 4) is 5.75 Å². The van der Waals surface area contributed by atoms with E-state index in [0.29, 0.717) is 12.2 Å². The van der Waals surface area contributed by atoms with Crippen molar-refractivity contribution in [1.82, 2.24) is 0 Å². The van der Waals surface area contributed by atoms with Crippen LogP contribution in [0.4, 0.5) is 0 Å². The minimum atomic E-state index is -0.193. The summed E-state index contributed by atoms with van der Waals surface area (Å²) in [5, 5.41) is 0. The standard InChI is InChI=1S/C14H20O2S/c1-6-12(15)16-13-9(2)7-11(8-10(13)3)14(4,5)17/h7-8,17H,6H2,1-5H3/p+1. The lowest BCUT2D eigenvalue weighted by atomic mass is 9.97. The third kappa shape index (κ3) is 3.50. The van der Waals surface area contributed by atoms with Gasteiger partial charge in [-0.3, -0.25) is 4.79 Å². The summed E-state index contributed by atoms with van der Waals surface area (Å²) in [5.41, 5.74) is 3.17. The molecule has 17 heavy (non-hydrogen) atoms. The Morgan fingerprint density at radius 3 is 2.12 bits per heavy atom. The Bertz CT molecular complexity index is 407. The van der Waals surface area contributed by atoms with Gasteiger partial charge >= 0.3 is 5.97 Å². The van der Waals surface area contributed by atoms with Gasteiger partial charge in [0.05, 0.1) is 0 Å². The van der Waals surface area contributed by atoms with Gasteiger partial charge in [0.2, 0.25) is 0 Å². The maximum Gasteiger partial charge on any atom is 0.310 e. The normalized spacial score (nSPS) is 11.4. The van der Waals surface area contributed by atoms with Crippen molar-refractivity contribution in [3.63, 3.8) is 0 Å². The van der Waals surface area contributed by atoms with Crippen LogP contribution in [0, 0.1) is 13.8 Å². The van der Waals surface area contributed by atoms with Crippen molar-refractivity contribution in [2.24, 2.45) is 0 Å². The smallest absolute Gasteiger partial charge is 0.310 e. The Hall–Kier alpha value is -0.960. The summed E-state index contributed by atoms with van der Waals surface area (Å²) in [7, 11) is 0. The van der Waals surface area contributed by atoms with Crippen LogP contribution in [0.1, 0.15) is 43.9 Å². The van der Waals surface area contributed by atoms with Gasteiger partial charge in [-0.1, -0.05) is 6.92 Å². The van der Waals surface area contributed by atoms with Crippen molar-refractivity contribution in [2.75, 3.05) is 0 Å². The monoisotopic (exact) mass is 253 g/mol. The van der Waals surface area contributed by atoms with E-state index in [2.05, 4.69) is 38.6 Å². The molecule has 1 aromatic carbocycles. The average molecular weight is 253 g/mol. The van der Waals surface area contributed by atoms with Gasteiger partial charge in [0.25, 0.3) is 0 Å². The first-order valence-corrected chi connectivity index (χ1v) is 6.33. The molecule has 1 aromatic rings. The maximum atomic E-state index is 11.3. The molecule has 0 N–H and O–H groups in total. The predicted octanol–water partition coefficient (Wildman–Crippen LogP) is 2.87. The average Bonchev–Trinajstić information content (AvgIpc) is 2.21. The SMILES string of the molecule is CCC(=O)Oc1c(C)cc(C(C)(C)[SH2+])cc1C. The second-order valence-corrected chi connectivity index (χ2v) is 6.14. The van der Waals surface area contributed by atoms with E-state index in [1.165, 1.54) is 5.56 Å². The number of carbonyl (C=O) groups is 1.